The normalized spacial score (nSPS) is 9.81. The molecule has 0 unspecified atom stereocenters. The second-order valence-electron chi connectivity index (χ2n) is 2.84. The minimum absolute atomic E-state index is 0.393. The third-order valence-corrected chi connectivity index (χ3v) is 3.81. The average Bonchev–Trinajstić information content (AvgIpc) is 2.94. The summed E-state index contributed by atoms with van der Waals surface area (Å²) in [7, 11) is 0. The van der Waals surface area contributed by atoms with Gasteiger partial charge in [0.25, 0.3) is 0 Å². The number of H-pyrrole nitrogens is 1. The number of nitrogens with two attached hydrogens (primary N) is 1. The second kappa shape index (κ2) is 5.70. The lowest BCUT2D eigenvalue weighted by atomic mass is 10.3. The quantitative estimate of drug-likeness (QED) is 0.639. The Balaban J connectivity index is 2.01. The number of aromatic nitrogens is 3. The molecule has 0 aliphatic rings. The third kappa shape index (κ3) is 2.85. The maximum atomic E-state index is 5.35. The van der Waals surface area contributed by atoms with Crippen LogP contribution in [0.25, 0.3) is 0 Å². The molecule has 0 bridgehead atoms. The van der Waals surface area contributed by atoms with Gasteiger partial charge in [0.2, 0.25) is 0 Å². The molecule has 0 amide bonds. The van der Waals surface area contributed by atoms with Crippen molar-refractivity contribution >= 4 is 23.1 Å². The second-order valence-corrected chi connectivity index (χ2v) is 4.81. The molecule has 6 heteroatoms. The van der Waals surface area contributed by atoms with Crippen LogP contribution in [-0.2, 0) is 5.75 Å². The fourth-order valence-electron chi connectivity index (χ4n) is 1.11. The fourth-order valence-corrected chi connectivity index (χ4v) is 2.83. The minimum atomic E-state index is 0.393. The van der Waals surface area contributed by atoms with Crippen LogP contribution < -0.4 is 5.73 Å². The van der Waals surface area contributed by atoms with Gasteiger partial charge in [-0.25, -0.2) is 4.98 Å². The number of rotatable bonds is 3. The molecule has 0 aromatic carbocycles. The summed E-state index contributed by atoms with van der Waals surface area (Å²) in [5.41, 5.74) is 6.41. The molecule has 0 radical (unpaired) electrons. The van der Waals surface area contributed by atoms with Crippen molar-refractivity contribution in [1.82, 2.24) is 15.2 Å². The summed E-state index contributed by atoms with van der Waals surface area (Å²) in [6.45, 7) is 0.393. The zero-order valence-corrected chi connectivity index (χ0v) is 10.1. The minimum Gasteiger partial charge on any atom is -0.320 e. The van der Waals surface area contributed by atoms with E-state index in [-0.39, 0.29) is 0 Å². The Bertz CT molecular complexity index is 492. The Morgan fingerprint density at radius 1 is 1.56 bits per heavy atom. The summed E-state index contributed by atoms with van der Waals surface area (Å²) in [5, 5.41) is 9.47. The predicted octanol–water partition coefficient (Wildman–Crippen LogP) is 1.47. The van der Waals surface area contributed by atoms with E-state index in [1.54, 1.807) is 23.1 Å². The van der Waals surface area contributed by atoms with Crippen LogP contribution in [0.2, 0.25) is 0 Å². The number of aromatic amines is 1. The van der Waals surface area contributed by atoms with Gasteiger partial charge in [-0.1, -0.05) is 23.6 Å². The molecule has 2 aromatic heterocycles. The molecule has 0 saturated heterocycles. The Morgan fingerprint density at radius 3 is 3.25 bits per heavy atom. The van der Waals surface area contributed by atoms with Crippen molar-refractivity contribution in [2.24, 2.45) is 5.73 Å². The zero-order valence-electron chi connectivity index (χ0n) is 8.43. The summed E-state index contributed by atoms with van der Waals surface area (Å²) < 4.78 is 0. The van der Waals surface area contributed by atoms with Gasteiger partial charge in [-0.15, -0.1) is 11.3 Å². The standard InChI is InChI=1S/C10H10N4S2/c11-4-1-2-8-3-5-15-9(8)6-16-10-12-7-13-14-10/h3,5,7H,4,6,11H2,(H,12,13,14). The smallest absolute Gasteiger partial charge is 0.183 e. The first-order valence-corrected chi connectivity index (χ1v) is 6.50. The molecular weight excluding hydrogens is 240 g/mol. The van der Waals surface area contributed by atoms with Gasteiger partial charge in [0.15, 0.2) is 5.16 Å². The van der Waals surface area contributed by atoms with Crippen molar-refractivity contribution in [2.75, 3.05) is 6.54 Å². The van der Waals surface area contributed by atoms with Gasteiger partial charge in [-0.2, -0.15) is 5.10 Å². The van der Waals surface area contributed by atoms with Crippen LogP contribution in [0.15, 0.2) is 22.9 Å². The number of thiophene rings is 1. The van der Waals surface area contributed by atoms with Crippen molar-refractivity contribution in [3.05, 3.63) is 28.2 Å². The number of hydrogen-bond donors (Lipinski definition) is 2. The highest BCUT2D eigenvalue weighted by atomic mass is 32.2. The number of thioether (sulfide) groups is 1. The summed E-state index contributed by atoms with van der Waals surface area (Å²) in [6.07, 6.45) is 1.51. The Morgan fingerprint density at radius 2 is 2.50 bits per heavy atom. The summed E-state index contributed by atoms with van der Waals surface area (Å²) in [4.78, 5) is 5.29. The average molecular weight is 250 g/mol. The summed E-state index contributed by atoms with van der Waals surface area (Å²) >= 11 is 3.31. The van der Waals surface area contributed by atoms with Gasteiger partial charge in [0.1, 0.15) is 6.33 Å². The van der Waals surface area contributed by atoms with E-state index in [9.17, 15) is 0 Å². The Kier molecular flexibility index (Phi) is 3.99. The zero-order chi connectivity index (χ0) is 11.2. The van der Waals surface area contributed by atoms with Crippen molar-refractivity contribution in [1.29, 1.82) is 0 Å². The van der Waals surface area contributed by atoms with Gasteiger partial charge in [-0.05, 0) is 11.4 Å². The van der Waals surface area contributed by atoms with Crippen LogP contribution >= 0.6 is 23.1 Å². The van der Waals surface area contributed by atoms with Crippen molar-refractivity contribution in [3.63, 3.8) is 0 Å². The van der Waals surface area contributed by atoms with Crippen molar-refractivity contribution in [3.8, 4) is 11.8 Å². The lowest BCUT2D eigenvalue weighted by Gasteiger charge is -1.95. The molecule has 82 valence electrons. The molecule has 0 aliphatic heterocycles. The molecule has 2 aromatic rings. The molecule has 0 fully saturated rings. The molecule has 2 rings (SSSR count). The predicted molar refractivity (Wildman–Crippen MR) is 66.2 cm³/mol. The molecule has 0 spiro atoms. The summed E-state index contributed by atoms with van der Waals surface area (Å²) in [6, 6.07) is 2.02. The number of nitrogens with zero attached hydrogens (tertiary/aromatic N) is 2. The molecule has 3 N–H and O–H groups in total. The van der Waals surface area contributed by atoms with Gasteiger partial charge in [0, 0.05) is 16.2 Å². The maximum absolute atomic E-state index is 5.35. The molecular formula is C10H10N4S2. The van der Waals surface area contributed by atoms with Crippen LogP contribution in [0.3, 0.4) is 0 Å². The lowest BCUT2D eigenvalue weighted by Crippen LogP contribution is -1.93. The van der Waals surface area contributed by atoms with E-state index >= 15 is 0 Å². The van der Waals surface area contributed by atoms with E-state index in [1.165, 1.54) is 11.2 Å². The van der Waals surface area contributed by atoms with Crippen LogP contribution in [0.4, 0.5) is 0 Å². The third-order valence-electron chi connectivity index (χ3n) is 1.80. The monoisotopic (exact) mass is 250 g/mol. The SMILES string of the molecule is NCC#Cc1ccsc1CSc1ncn[nH]1. The molecule has 16 heavy (non-hydrogen) atoms. The first-order valence-electron chi connectivity index (χ1n) is 4.63. The number of hydrogen-bond acceptors (Lipinski definition) is 5. The van der Waals surface area contributed by atoms with E-state index in [0.29, 0.717) is 6.54 Å². The summed E-state index contributed by atoms with van der Waals surface area (Å²) in [5.74, 6) is 6.77. The van der Waals surface area contributed by atoms with Crippen LogP contribution in [0.1, 0.15) is 10.4 Å². The molecule has 0 atom stereocenters. The first-order chi connectivity index (χ1) is 7.90. The van der Waals surface area contributed by atoms with Crippen LogP contribution in [0.5, 0.6) is 0 Å². The van der Waals surface area contributed by atoms with Gasteiger partial charge in [-0.3, -0.25) is 5.10 Å². The molecule has 2 heterocycles. The molecule has 0 aliphatic carbocycles. The van der Waals surface area contributed by atoms with Crippen LogP contribution in [0, 0.1) is 11.8 Å². The lowest BCUT2D eigenvalue weighted by molar-refractivity contribution is 0.973. The highest BCUT2D eigenvalue weighted by Gasteiger charge is 2.04. The molecule has 4 nitrogen and oxygen atoms in total. The highest BCUT2D eigenvalue weighted by molar-refractivity contribution is 7.98. The van der Waals surface area contributed by atoms with Gasteiger partial charge < -0.3 is 5.73 Å². The van der Waals surface area contributed by atoms with E-state index in [4.69, 9.17) is 5.73 Å². The fraction of sp³-hybridized carbons (Fsp3) is 0.200. The number of nitrogens with one attached hydrogen (secondary N) is 1. The highest BCUT2D eigenvalue weighted by Crippen LogP contribution is 2.24. The van der Waals surface area contributed by atoms with E-state index in [0.717, 1.165) is 16.5 Å². The van der Waals surface area contributed by atoms with E-state index in [1.807, 2.05) is 11.4 Å². The first kappa shape index (κ1) is 11.2. The Hall–Kier alpha value is -1.29. The maximum Gasteiger partial charge on any atom is 0.183 e. The molecule has 0 saturated carbocycles. The van der Waals surface area contributed by atoms with E-state index in [2.05, 4.69) is 27.0 Å². The van der Waals surface area contributed by atoms with Crippen molar-refractivity contribution < 1.29 is 0 Å². The van der Waals surface area contributed by atoms with Crippen molar-refractivity contribution in [2.45, 2.75) is 10.9 Å². The van der Waals surface area contributed by atoms with Crippen LogP contribution in [-0.4, -0.2) is 21.7 Å². The Labute approximate surface area is 102 Å². The van der Waals surface area contributed by atoms with Gasteiger partial charge >= 0.3 is 0 Å². The largest absolute Gasteiger partial charge is 0.320 e. The van der Waals surface area contributed by atoms with Gasteiger partial charge in [0.05, 0.1) is 6.54 Å². The topological polar surface area (TPSA) is 67.6 Å². The van der Waals surface area contributed by atoms with E-state index < -0.39 is 0 Å².